The molecule has 0 spiro atoms. The van der Waals surface area contributed by atoms with Gasteiger partial charge in [0.15, 0.2) is 11.5 Å². The molecule has 0 aliphatic carbocycles. The summed E-state index contributed by atoms with van der Waals surface area (Å²) in [5.41, 5.74) is 9.04. The lowest BCUT2D eigenvalue weighted by Crippen LogP contribution is -2.51. The molecule has 3 amide bonds. The monoisotopic (exact) mass is 423 g/mol. The highest BCUT2D eigenvalue weighted by Crippen LogP contribution is 2.35. The first-order valence-corrected chi connectivity index (χ1v) is 10.1. The second-order valence-corrected chi connectivity index (χ2v) is 7.75. The molecule has 31 heavy (non-hydrogen) atoms. The van der Waals surface area contributed by atoms with E-state index in [4.69, 9.17) is 15.2 Å². The Kier molecular flexibility index (Phi) is 5.54. The first kappa shape index (κ1) is 20.7. The van der Waals surface area contributed by atoms with Crippen LogP contribution in [-0.2, 0) is 29.1 Å². The molecule has 2 heterocycles. The topological polar surface area (TPSA) is 102 Å². The predicted molar refractivity (Wildman–Crippen MR) is 113 cm³/mol. The summed E-state index contributed by atoms with van der Waals surface area (Å²) in [5.74, 6) is 0.282. The Hall–Kier alpha value is -3.55. The molecule has 0 unspecified atom stereocenters. The number of fused-ring (bicyclic) bond motifs is 2. The summed E-state index contributed by atoms with van der Waals surface area (Å²) in [5, 5.41) is 0. The Morgan fingerprint density at radius 2 is 1.71 bits per heavy atom. The smallest absolute Gasteiger partial charge is 0.254 e. The molecule has 1 atom stereocenters. The number of nitrogens with zero attached hydrogens (tertiary/aromatic N) is 2. The maximum absolute atomic E-state index is 13.1. The molecule has 0 aromatic heterocycles. The van der Waals surface area contributed by atoms with E-state index in [0.717, 1.165) is 16.7 Å². The van der Waals surface area contributed by atoms with Gasteiger partial charge in [-0.15, -0.1) is 0 Å². The Labute approximate surface area is 180 Å². The molecule has 2 aromatic carbocycles. The van der Waals surface area contributed by atoms with Crippen LogP contribution in [0.25, 0.3) is 0 Å². The summed E-state index contributed by atoms with van der Waals surface area (Å²) in [4.78, 5) is 40.9. The third-order valence-corrected chi connectivity index (χ3v) is 5.98. The van der Waals surface area contributed by atoms with E-state index in [0.29, 0.717) is 30.0 Å². The van der Waals surface area contributed by atoms with E-state index < -0.39 is 11.9 Å². The zero-order valence-corrected chi connectivity index (χ0v) is 17.6. The fourth-order valence-corrected chi connectivity index (χ4v) is 4.30. The van der Waals surface area contributed by atoms with Gasteiger partial charge in [-0.05, 0) is 34.9 Å². The normalized spacial score (nSPS) is 17.2. The van der Waals surface area contributed by atoms with Crippen molar-refractivity contribution in [3.05, 3.63) is 58.7 Å². The largest absolute Gasteiger partial charge is 0.493 e. The Balaban J connectivity index is 1.50. The lowest BCUT2D eigenvalue weighted by molar-refractivity contribution is -0.140. The van der Waals surface area contributed by atoms with Crippen molar-refractivity contribution in [2.75, 3.05) is 20.8 Å². The zero-order chi connectivity index (χ0) is 22.1. The lowest BCUT2D eigenvalue weighted by Gasteiger charge is -2.36. The molecular weight excluding hydrogens is 398 g/mol. The number of benzene rings is 2. The minimum atomic E-state index is -0.746. The van der Waals surface area contributed by atoms with Crippen molar-refractivity contribution in [3.63, 3.8) is 0 Å². The van der Waals surface area contributed by atoms with Gasteiger partial charge in [-0.2, -0.15) is 0 Å². The zero-order valence-electron chi connectivity index (χ0n) is 17.6. The lowest BCUT2D eigenvalue weighted by atomic mass is 9.92. The number of methoxy groups -OCH3 is 2. The predicted octanol–water partition coefficient (Wildman–Crippen LogP) is 1.49. The van der Waals surface area contributed by atoms with E-state index in [9.17, 15) is 14.4 Å². The number of amides is 3. The second-order valence-electron chi connectivity index (χ2n) is 7.75. The van der Waals surface area contributed by atoms with Crippen molar-refractivity contribution in [2.24, 2.45) is 5.73 Å². The number of carbonyl (C=O) groups excluding carboxylic acids is 3. The first-order valence-electron chi connectivity index (χ1n) is 10.1. The van der Waals surface area contributed by atoms with Gasteiger partial charge in [0, 0.05) is 38.0 Å². The number of ether oxygens (including phenoxy) is 2. The van der Waals surface area contributed by atoms with Crippen LogP contribution in [0, 0.1) is 0 Å². The molecule has 8 heteroatoms. The number of rotatable bonds is 6. The van der Waals surface area contributed by atoms with E-state index in [1.165, 1.54) is 4.90 Å². The summed E-state index contributed by atoms with van der Waals surface area (Å²) >= 11 is 0. The minimum Gasteiger partial charge on any atom is -0.493 e. The average Bonchev–Trinajstić information content (AvgIpc) is 3.11. The van der Waals surface area contributed by atoms with E-state index in [-0.39, 0.29) is 31.3 Å². The number of nitrogens with two attached hydrogens (primary N) is 1. The fourth-order valence-electron chi connectivity index (χ4n) is 4.30. The van der Waals surface area contributed by atoms with Crippen LogP contribution in [0.4, 0.5) is 0 Å². The van der Waals surface area contributed by atoms with Gasteiger partial charge in [0.1, 0.15) is 6.04 Å². The van der Waals surface area contributed by atoms with Crippen LogP contribution in [0.5, 0.6) is 11.5 Å². The van der Waals surface area contributed by atoms with Crippen molar-refractivity contribution in [1.29, 1.82) is 0 Å². The standard InChI is InChI=1S/C23H25N3O5/c1-30-19-10-15-9-18(22(24)28)26(13-16(15)11-20(19)31-2)21(27)7-8-25-12-14-5-3-4-6-17(14)23(25)29/h3-6,10-11,18H,7-9,12-13H2,1-2H3,(H2,24,28)/t18-/m0/s1. The van der Waals surface area contributed by atoms with Gasteiger partial charge in [0.2, 0.25) is 11.8 Å². The van der Waals surface area contributed by atoms with Crippen LogP contribution in [-0.4, -0.2) is 54.3 Å². The molecule has 2 aromatic rings. The van der Waals surface area contributed by atoms with Crippen molar-refractivity contribution < 1.29 is 23.9 Å². The maximum Gasteiger partial charge on any atom is 0.254 e. The van der Waals surface area contributed by atoms with Crippen LogP contribution >= 0.6 is 0 Å². The van der Waals surface area contributed by atoms with Gasteiger partial charge >= 0.3 is 0 Å². The highest BCUT2D eigenvalue weighted by molar-refractivity contribution is 5.98. The molecule has 4 rings (SSSR count). The molecule has 0 saturated carbocycles. The fraction of sp³-hybridized carbons (Fsp3) is 0.348. The number of carbonyl (C=O) groups is 3. The highest BCUT2D eigenvalue weighted by atomic mass is 16.5. The highest BCUT2D eigenvalue weighted by Gasteiger charge is 2.35. The van der Waals surface area contributed by atoms with E-state index >= 15 is 0 Å². The van der Waals surface area contributed by atoms with Crippen LogP contribution in [0.3, 0.4) is 0 Å². The van der Waals surface area contributed by atoms with Crippen LogP contribution < -0.4 is 15.2 Å². The molecule has 0 bridgehead atoms. The summed E-state index contributed by atoms with van der Waals surface area (Å²) < 4.78 is 10.7. The molecule has 0 fully saturated rings. The van der Waals surface area contributed by atoms with Gasteiger partial charge in [0.05, 0.1) is 14.2 Å². The molecule has 2 aliphatic heterocycles. The van der Waals surface area contributed by atoms with Crippen LogP contribution in [0.2, 0.25) is 0 Å². The van der Waals surface area contributed by atoms with Crippen molar-refractivity contribution in [3.8, 4) is 11.5 Å². The minimum absolute atomic E-state index is 0.0735. The summed E-state index contributed by atoms with van der Waals surface area (Å²) in [6.45, 7) is 1.02. The summed E-state index contributed by atoms with van der Waals surface area (Å²) in [6, 6.07) is 10.3. The van der Waals surface area contributed by atoms with Crippen molar-refractivity contribution in [2.45, 2.75) is 32.0 Å². The molecular formula is C23H25N3O5. The van der Waals surface area contributed by atoms with Gasteiger partial charge in [0.25, 0.3) is 5.91 Å². The molecule has 2 aliphatic rings. The number of primary amides is 1. The second kappa shape index (κ2) is 8.29. The maximum atomic E-state index is 13.1. The SMILES string of the molecule is COc1cc2c(cc1OC)CN(C(=O)CCN1Cc3ccccc3C1=O)[C@H](C(N)=O)C2. The van der Waals surface area contributed by atoms with Gasteiger partial charge in [-0.25, -0.2) is 0 Å². The van der Waals surface area contributed by atoms with Gasteiger partial charge in [-0.3, -0.25) is 14.4 Å². The quantitative estimate of drug-likeness (QED) is 0.758. The van der Waals surface area contributed by atoms with Gasteiger partial charge < -0.3 is 25.0 Å². The summed E-state index contributed by atoms with van der Waals surface area (Å²) in [7, 11) is 3.10. The number of hydrogen-bond donors (Lipinski definition) is 1. The first-order chi connectivity index (χ1) is 14.9. The molecule has 8 nitrogen and oxygen atoms in total. The third kappa shape index (κ3) is 3.81. The molecule has 0 radical (unpaired) electrons. The van der Waals surface area contributed by atoms with Crippen LogP contribution in [0.15, 0.2) is 36.4 Å². The molecule has 162 valence electrons. The Bertz CT molecular complexity index is 1050. The van der Waals surface area contributed by atoms with Crippen LogP contribution in [0.1, 0.15) is 33.5 Å². The third-order valence-electron chi connectivity index (χ3n) is 5.98. The Morgan fingerprint density at radius 1 is 1.03 bits per heavy atom. The Morgan fingerprint density at radius 3 is 2.35 bits per heavy atom. The molecule has 0 saturated heterocycles. The van der Waals surface area contributed by atoms with E-state index in [1.807, 2.05) is 30.3 Å². The number of hydrogen-bond acceptors (Lipinski definition) is 5. The summed E-state index contributed by atoms with van der Waals surface area (Å²) in [6.07, 6.45) is 0.428. The van der Waals surface area contributed by atoms with Crippen molar-refractivity contribution >= 4 is 17.7 Å². The van der Waals surface area contributed by atoms with E-state index in [1.54, 1.807) is 25.2 Å². The van der Waals surface area contributed by atoms with Crippen molar-refractivity contribution in [1.82, 2.24) is 9.80 Å². The average molecular weight is 423 g/mol. The molecule has 2 N–H and O–H groups in total. The van der Waals surface area contributed by atoms with Gasteiger partial charge in [-0.1, -0.05) is 18.2 Å². The van der Waals surface area contributed by atoms with E-state index in [2.05, 4.69) is 0 Å².